The normalized spacial score (nSPS) is 17.3. The number of H-pyrrole nitrogens is 1. The number of imide groups is 1. The molecule has 2 atom stereocenters. The monoisotopic (exact) mass is 408 g/mol. The van der Waals surface area contributed by atoms with Crippen molar-refractivity contribution in [1.82, 2.24) is 20.5 Å². The molecule has 1 fully saturated rings. The van der Waals surface area contributed by atoms with Gasteiger partial charge in [0.15, 0.2) is 0 Å². The van der Waals surface area contributed by atoms with E-state index in [4.69, 9.17) is 0 Å². The minimum atomic E-state index is -0.723. The predicted molar refractivity (Wildman–Crippen MR) is 109 cm³/mol. The molecule has 0 saturated carbocycles. The smallest absolute Gasteiger partial charge is 0.325 e. The summed E-state index contributed by atoms with van der Waals surface area (Å²) in [6, 6.07) is 11.8. The topological polar surface area (TPSA) is 94.3 Å². The third-order valence-corrected chi connectivity index (χ3v) is 5.26. The van der Waals surface area contributed by atoms with Crippen molar-refractivity contribution < 1.29 is 18.8 Å². The lowest BCUT2D eigenvalue weighted by molar-refractivity contribution is -0.132. The van der Waals surface area contributed by atoms with Crippen molar-refractivity contribution in [1.29, 1.82) is 0 Å². The summed E-state index contributed by atoms with van der Waals surface area (Å²) in [5.74, 6) is -1.27. The first-order valence-corrected chi connectivity index (χ1v) is 9.64. The number of carbonyl (C=O) groups excluding carboxylic acids is 3. The number of carbonyl (C=O) groups is 3. The predicted octanol–water partition coefficient (Wildman–Crippen LogP) is 2.65. The summed E-state index contributed by atoms with van der Waals surface area (Å²) in [6.07, 6.45) is 2.16. The summed E-state index contributed by atoms with van der Waals surface area (Å²) in [6.45, 7) is 1.37. The fourth-order valence-electron chi connectivity index (χ4n) is 3.65. The number of hydrogen-bond acceptors (Lipinski definition) is 3. The maximum atomic E-state index is 13.0. The van der Waals surface area contributed by atoms with E-state index in [9.17, 15) is 18.8 Å². The number of fused-ring (bicyclic) bond motifs is 1. The molecule has 2 aromatic carbocycles. The van der Waals surface area contributed by atoms with Crippen molar-refractivity contribution in [2.24, 2.45) is 0 Å². The van der Waals surface area contributed by atoms with Gasteiger partial charge in [0.2, 0.25) is 5.91 Å². The molecular weight excluding hydrogens is 387 g/mol. The van der Waals surface area contributed by atoms with Crippen LogP contribution in [0, 0.1) is 5.82 Å². The van der Waals surface area contributed by atoms with Gasteiger partial charge >= 0.3 is 6.03 Å². The molecule has 8 heteroatoms. The third kappa shape index (κ3) is 3.89. The Labute approximate surface area is 172 Å². The minimum absolute atomic E-state index is 0.332. The van der Waals surface area contributed by atoms with Crippen LogP contribution >= 0.6 is 0 Å². The first-order chi connectivity index (χ1) is 14.4. The summed E-state index contributed by atoms with van der Waals surface area (Å²) < 4.78 is 13.0. The molecule has 30 heavy (non-hydrogen) atoms. The van der Waals surface area contributed by atoms with Crippen LogP contribution in [-0.2, 0) is 16.0 Å². The minimum Gasteiger partial charge on any atom is -0.361 e. The fourth-order valence-corrected chi connectivity index (χ4v) is 3.65. The quantitative estimate of drug-likeness (QED) is 0.548. The van der Waals surface area contributed by atoms with Gasteiger partial charge in [0.1, 0.15) is 18.4 Å². The standard InChI is InChI=1S/C22H21FN4O3/c1-13(14-6-8-16(23)9-7-14)25-20(28)12-27-21(29)19(26-22(27)30)10-15-11-24-18-5-3-2-4-17(15)18/h2-9,11,13,19,24H,10,12H2,1H3,(H,25,28)(H,26,30)/t13-,19+/m0/s1. The Kier molecular flexibility index (Phi) is 5.22. The van der Waals surface area contributed by atoms with Crippen molar-refractivity contribution >= 4 is 28.7 Å². The third-order valence-electron chi connectivity index (χ3n) is 5.26. The number of halogens is 1. The lowest BCUT2D eigenvalue weighted by atomic mass is 10.1. The van der Waals surface area contributed by atoms with Crippen LogP contribution in [0.5, 0.6) is 0 Å². The van der Waals surface area contributed by atoms with Crippen LogP contribution in [-0.4, -0.2) is 40.3 Å². The molecule has 0 radical (unpaired) electrons. The summed E-state index contributed by atoms with van der Waals surface area (Å²) in [5, 5.41) is 6.37. The highest BCUT2D eigenvalue weighted by molar-refractivity contribution is 6.06. The molecule has 2 heterocycles. The molecule has 0 bridgehead atoms. The number of rotatable bonds is 6. The van der Waals surface area contributed by atoms with E-state index in [2.05, 4.69) is 15.6 Å². The number of nitrogens with zero attached hydrogens (tertiary/aromatic N) is 1. The highest BCUT2D eigenvalue weighted by Gasteiger charge is 2.39. The van der Waals surface area contributed by atoms with Gasteiger partial charge in [-0.2, -0.15) is 0 Å². The lowest BCUT2D eigenvalue weighted by Crippen LogP contribution is -2.42. The van der Waals surface area contributed by atoms with Crippen LogP contribution in [0.4, 0.5) is 9.18 Å². The van der Waals surface area contributed by atoms with Gasteiger partial charge in [-0.05, 0) is 36.2 Å². The van der Waals surface area contributed by atoms with Gasteiger partial charge in [0.25, 0.3) is 5.91 Å². The van der Waals surface area contributed by atoms with Crippen molar-refractivity contribution in [2.75, 3.05) is 6.54 Å². The summed E-state index contributed by atoms with van der Waals surface area (Å²) >= 11 is 0. The largest absolute Gasteiger partial charge is 0.361 e. The molecule has 0 spiro atoms. The van der Waals surface area contributed by atoms with Gasteiger partial charge in [-0.3, -0.25) is 14.5 Å². The summed E-state index contributed by atoms with van der Waals surface area (Å²) in [4.78, 5) is 41.4. The fraction of sp³-hybridized carbons (Fsp3) is 0.227. The average Bonchev–Trinajstić information content (AvgIpc) is 3.25. The second kappa shape index (κ2) is 7.98. The molecule has 7 nitrogen and oxygen atoms in total. The van der Waals surface area contributed by atoms with Crippen molar-refractivity contribution in [2.45, 2.75) is 25.4 Å². The number of urea groups is 1. The zero-order valence-electron chi connectivity index (χ0n) is 16.3. The van der Waals surface area contributed by atoms with Gasteiger partial charge < -0.3 is 15.6 Å². The average molecular weight is 408 g/mol. The number of nitrogens with one attached hydrogen (secondary N) is 3. The SMILES string of the molecule is C[C@H](NC(=O)CN1C(=O)N[C@H](Cc2c[nH]c3ccccc23)C1=O)c1ccc(F)cc1. The number of benzene rings is 2. The molecule has 154 valence electrons. The number of amides is 4. The van der Waals surface area contributed by atoms with Crippen LogP contribution in [0.25, 0.3) is 10.9 Å². The van der Waals surface area contributed by atoms with E-state index in [0.717, 1.165) is 26.9 Å². The van der Waals surface area contributed by atoms with Crippen LogP contribution in [0.1, 0.15) is 24.1 Å². The molecule has 0 aliphatic carbocycles. The molecule has 3 aromatic rings. The first-order valence-electron chi connectivity index (χ1n) is 9.64. The molecule has 1 saturated heterocycles. The van der Waals surface area contributed by atoms with Gasteiger partial charge in [0, 0.05) is 23.5 Å². The van der Waals surface area contributed by atoms with Gasteiger partial charge in [-0.25, -0.2) is 9.18 Å². The Hall–Kier alpha value is -3.68. The first kappa shape index (κ1) is 19.6. The van der Waals surface area contributed by atoms with Gasteiger partial charge in [-0.15, -0.1) is 0 Å². The molecule has 4 rings (SSSR count). The van der Waals surface area contributed by atoms with Gasteiger partial charge in [0.05, 0.1) is 6.04 Å². The Bertz CT molecular complexity index is 1110. The van der Waals surface area contributed by atoms with Crippen molar-refractivity contribution in [3.63, 3.8) is 0 Å². The van der Waals surface area contributed by atoms with Crippen LogP contribution in [0.15, 0.2) is 54.7 Å². The van der Waals surface area contributed by atoms with E-state index in [1.165, 1.54) is 12.1 Å². The summed E-state index contributed by atoms with van der Waals surface area (Å²) in [7, 11) is 0. The van der Waals surface area contributed by atoms with Crippen LogP contribution < -0.4 is 10.6 Å². The van der Waals surface area contributed by atoms with Crippen LogP contribution in [0.2, 0.25) is 0 Å². The molecule has 1 aliphatic rings. The van der Waals surface area contributed by atoms with E-state index in [-0.39, 0.29) is 18.4 Å². The highest BCUT2D eigenvalue weighted by atomic mass is 19.1. The number of para-hydroxylation sites is 1. The van der Waals surface area contributed by atoms with Crippen LogP contribution in [0.3, 0.4) is 0 Å². The lowest BCUT2D eigenvalue weighted by Gasteiger charge is -2.17. The molecule has 0 unspecified atom stereocenters. The number of aromatic nitrogens is 1. The van der Waals surface area contributed by atoms with E-state index in [1.807, 2.05) is 30.5 Å². The Balaban J connectivity index is 1.39. The summed E-state index contributed by atoms with van der Waals surface area (Å²) in [5.41, 5.74) is 2.59. The molecule has 1 aliphatic heterocycles. The Morgan fingerprint density at radius 1 is 1.17 bits per heavy atom. The maximum Gasteiger partial charge on any atom is 0.325 e. The van der Waals surface area contributed by atoms with E-state index >= 15 is 0 Å². The second-order valence-corrected chi connectivity index (χ2v) is 7.33. The molecular formula is C22H21FN4O3. The molecule has 4 amide bonds. The number of hydrogen-bond donors (Lipinski definition) is 3. The van der Waals surface area contributed by atoms with Gasteiger partial charge in [-0.1, -0.05) is 30.3 Å². The van der Waals surface area contributed by atoms with E-state index in [0.29, 0.717) is 6.42 Å². The Morgan fingerprint density at radius 2 is 1.90 bits per heavy atom. The van der Waals surface area contributed by atoms with E-state index < -0.39 is 23.9 Å². The Morgan fingerprint density at radius 3 is 2.67 bits per heavy atom. The molecule has 1 aromatic heterocycles. The number of aromatic amines is 1. The van der Waals surface area contributed by atoms with Crippen molar-refractivity contribution in [3.8, 4) is 0 Å². The zero-order chi connectivity index (χ0) is 21.3. The zero-order valence-corrected chi connectivity index (χ0v) is 16.3. The second-order valence-electron chi connectivity index (χ2n) is 7.33. The van der Waals surface area contributed by atoms with E-state index in [1.54, 1.807) is 19.1 Å². The maximum absolute atomic E-state index is 13.0. The molecule has 3 N–H and O–H groups in total. The van der Waals surface area contributed by atoms with Crippen molar-refractivity contribution in [3.05, 3.63) is 71.7 Å². The highest BCUT2D eigenvalue weighted by Crippen LogP contribution is 2.21.